The molecule has 0 spiro atoms. The van der Waals surface area contributed by atoms with Crippen molar-refractivity contribution in [1.29, 1.82) is 0 Å². The topological polar surface area (TPSA) is 133 Å². The fourth-order valence-electron chi connectivity index (χ4n) is 8.34. The molecule has 0 aliphatic rings. The first-order valence-electron chi connectivity index (χ1n) is 28.8. The molecule has 0 bridgehead atoms. The van der Waals surface area contributed by atoms with E-state index in [9.17, 15) is 19.8 Å². The lowest BCUT2D eigenvalue weighted by Gasteiger charge is -2.29. The molecule has 0 heterocycles. The molecule has 11 nitrogen and oxygen atoms in total. The SMILES string of the molecule is CCCCCCCCCCOC(/C=C/CC(=O)OCC(COC(=O)CCCC(OCCCCCCCCCC)OCCCCCCCCCC)N(CCO)CCO)OCCCCCCCCCC. The van der Waals surface area contributed by atoms with Gasteiger partial charge < -0.3 is 38.6 Å². The average Bonchev–Trinajstić information content (AvgIpc) is 3.33. The predicted molar refractivity (Wildman–Crippen MR) is 281 cm³/mol. The molecule has 11 heteroatoms. The maximum Gasteiger partial charge on any atom is 0.309 e. The van der Waals surface area contributed by atoms with Crippen molar-refractivity contribution in [2.45, 2.75) is 277 Å². The van der Waals surface area contributed by atoms with E-state index in [1.165, 1.54) is 154 Å². The van der Waals surface area contributed by atoms with Gasteiger partial charge in [-0.2, -0.15) is 0 Å². The molecule has 0 saturated heterocycles. The van der Waals surface area contributed by atoms with E-state index < -0.39 is 18.3 Å². The van der Waals surface area contributed by atoms with Gasteiger partial charge in [-0.05, 0) is 44.6 Å². The second-order valence-electron chi connectivity index (χ2n) is 19.2. The summed E-state index contributed by atoms with van der Waals surface area (Å²) in [6, 6.07) is -0.526. The van der Waals surface area contributed by atoms with Gasteiger partial charge in [0.2, 0.25) is 0 Å². The van der Waals surface area contributed by atoms with Gasteiger partial charge in [0.1, 0.15) is 13.2 Å². The third-order valence-electron chi connectivity index (χ3n) is 12.7. The highest BCUT2D eigenvalue weighted by Crippen LogP contribution is 2.16. The Kier molecular flexibility index (Phi) is 53.4. The van der Waals surface area contributed by atoms with Crippen molar-refractivity contribution in [2.24, 2.45) is 0 Å². The zero-order chi connectivity index (χ0) is 49.6. The van der Waals surface area contributed by atoms with Crippen molar-refractivity contribution >= 4 is 11.9 Å². The lowest BCUT2D eigenvalue weighted by atomic mass is 10.1. The molecule has 0 aromatic rings. The Hall–Kier alpha value is -1.60. The molecule has 0 aromatic carbocycles. The first-order chi connectivity index (χ1) is 33.4. The van der Waals surface area contributed by atoms with Crippen LogP contribution in [0.2, 0.25) is 0 Å². The highest BCUT2D eigenvalue weighted by molar-refractivity contribution is 5.71. The summed E-state index contributed by atoms with van der Waals surface area (Å²) in [7, 11) is 0. The van der Waals surface area contributed by atoms with Gasteiger partial charge in [-0.1, -0.05) is 214 Å². The number of rotatable bonds is 56. The molecule has 0 aliphatic carbocycles. The monoisotopic (exact) mass is 970 g/mol. The lowest BCUT2D eigenvalue weighted by molar-refractivity contribution is -0.153. The van der Waals surface area contributed by atoms with Crippen molar-refractivity contribution in [3.63, 3.8) is 0 Å². The Morgan fingerprint density at radius 3 is 1.15 bits per heavy atom. The molecule has 2 N–H and O–H groups in total. The fraction of sp³-hybridized carbons (Fsp3) is 0.930. The summed E-state index contributed by atoms with van der Waals surface area (Å²) in [4.78, 5) is 27.9. The average molecular weight is 971 g/mol. The lowest BCUT2D eigenvalue weighted by Crippen LogP contribution is -2.45. The number of aliphatic hydroxyl groups is 2. The van der Waals surface area contributed by atoms with E-state index in [4.69, 9.17) is 28.4 Å². The van der Waals surface area contributed by atoms with Crippen LogP contribution in [0.3, 0.4) is 0 Å². The van der Waals surface area contributed by atoms with Crippen LogP contribution in [-0.4, -0.2) is 112 Å². The minimum absolute atomic E-state index is 0.0312. The van der Waals surface area contributed by atoms with E-state index in [2.05, 4.69) is 27.7 Å². The number of carbonyl (C=O) groups is 2. The fourth-order valence-corrected chi connectivity index (χ4v) is 8.34. The molecule has 0 rings (SSSR count). The number of ether oxygens (including phenoxy) is 6. The molecule has 404 valence electrons. The van der Waals surface area contributed by atoms with Crippen molar-refractivity contribution in [1.82, 2.24) is 4.90 Å². The molecule has 1 unspecified atom stereocenters. The van der Waals surface area contributed by atoms with E-state index in [1.54, 1.807) is 11.0 Å². The van der Waals surface area contributed by atoms with Crippen molar-refractivity contribution < 1.29 is 48.2 Å². The van der Waals surface area contributed by atoms with Crippen LogP contribution in [0.1, 0.15) is 259 Å². The molecule has 0 amide bonds. The normalized spacial score (nSPS) is 12.4. The third kappa shape index (κ3) is 46.8. The molecule has 1 atom stereocenters. The summed E-state index contributed by atoms with van der Waals surface area (Å²) in [5.41, 5.74) is 0. The standard InChI is InChI=1S/C57H111NO10/c1-5-9-13-17-21-25-29-33-47-63-56(64-48-34-30-26-22-18-14-10-6-2)41-37-39-54(61)67-51-53(58(43-45-59)44-46-60)52-68-55(62)40-38-42-57(65-49-35-31-27-23-19-15-11-7-3)66-50-36-32-28-24-20-16-12-8-4/h37,41,53,56-57,59-60H,5-36,38-40,42-52H2,1-4H3/b41-37+. The maximum atomic E-state index is 13.1. The number of hydrogen-bond acceptors (Lipinski definition) is 11. The Balaban J connectivity index is 5.13. The second kappa shape index (κ2) is 54.7. The van der Waals surface area contributed by atoms with E-state index in [1.807, 2.05) is 6.08 Å². The van der Waals surface area contributed by atoms with Crippen molar-refractivity contribution in [3.05, 3.63) is 12.2 Å². The van der Waals surface area contributed by atoms with Gasteiger partial charge in [-0.25, -0.2) is 0 Å². The first-order valence-corrected chi connectivity index (χ1v) is 28.8. The summed E-state index contributed by atoms with van der Waals surface area (Å²) in [6.07, 6.45) is 43.5. The Morgan fingerprint density at radius 2 is 0.779 bits per heavy atom. The minimum atomic E-state index is -0.526. The van der Waals surface area contributed by atoms with E-state index in [0.29, 0.717) is 39.3 Å². The van der Waals surface area contributed by atoms with Crippen molar-refractivity contribution in [2.75, 3.05) is 65.9 Å². The Morgan fingerprint density at radius 1 is 0.441 bits per heavy atom. The number of aliphatic hydroxyl groups excluding tert-OH is 2. The number of carbonyl (C=O) groups excluding carboxylic acids is 2. The first kappa shape index (κ1) is 66.4. The number of nitrogens with zero attached hydrogens (tertiary/aromatic N) is 1. The van der Waals surface area contributed by atoms with Gasteiger partial charge in [0.25, 0.3) is 0 Å². The van der Waals surface area contributed by atoms with Crippen molar-refractivity contribution in [3.8, 4) is 0 Å². The highest BCUT2D eigenvalue weighted by atomic mass is 16.7. The highest BCUT2D eigenvalue weighted by Gasteiger charge is 2.22. The van der Waals surface area contributed by atoms with Crippen LogP contribution in [0.15, 0.2) is 12.2 Å². The molecule has 0 aromatic heterocycles. The molecule has 0 aliphatic heterocycles. The van der Waals surface area contributed by atoms with Crippen LogP contribution >= 0.6 is 0 Å². The number of unbranched alkanes of at least 4 members (excludes halogenated alkanes) is 28. The quantitative estimate of drug-likeness (QED) is 0.0261. The van der Waals surface area contributed by atoms with Gasteiger partial charge in [0.05, 0.1) is 38.9 Å². The van der Waals surface area contributed by atoms with E-state index >= 15 is 0 Å². The summed E-state index contributed by atoms with van der Waals surface area (Å²) < 4.78 is 36.1. The largest absolute Gasteiger partial charge is 0.464 e. The van der Waals surface area contributed by atoms with Crippen LogP contribution in [0.4, 0.5) is 0 Å². The third-order valence-corrected chi connectivity index (χ3v) is 12.7. The van der Waals surface area contributed by atoms with Gasteiger partial charge in [0.15, 0.2) is 12.6 Å². The molecule has 0 fully saturated rings. The van der Waals surface area contributed by atoms with Gasteiger partial charge >= 0.3 is 11.9 Å². The second-order valence-corrected chi connectivity index (χ2v) is 19.2. The summed E-state index contributed by atoms with van der Waals surface area (Å²) in [5.74, 6) is -0.785. The smallest absolute Gasteiger partial charge is 0.309 e. The summed E-state index contributed by atoms with van der Waals surface area (Å²) in [6.45, 7) is 11.6. The molecular weight excluding hydrogens is 859 g/mol. The van der Waals surface area contributed by atoms with Gasteiger partial charge in [0, 0.05) is 32.7 Å². The molecule has 0 radical (unpaired) electrons. The van der Waals surface area contributed by atoms with Crippen LogP contribution in [0.25, 0.3) is 0 Å². The summed E-state index contributed by atoms with van der Waals surface area (Å²) in [5, 5.41) is 19.6. The molecule has 68 heavy (non-hydrogen) atoms. The summed E-state index contributed by atoms with van der Waals surface area (Å²) >= 11 is 0. The van der Waals surface area contributed by atoms with Gasteiger partial charge in [-0.15, -0.1) is 0 Å². The van der Waals surface area contributed by atoms with E-state index in [0.717, 1.165) is 51.4 Å². The molecular formula is C57H111NO10. The number of hydrogen-bond donors (Lipinski definition) is 2. The Labute approximate surface area is 419 Å². The maximum absolute atomic E-state index is 13.1. The number of esters is 2. The van der Waals surface area contributed by atoms with Gasteiger partial charge in [-0.3, -0.25) is 14.5 Å². The predicted octanol–water partition coefficient (Wildman–Crippen LogP) is 14.1. The zero-order valence-electron chi connectivity index (χ0n) is 45.0. The van der Waals surface area contributed by atoms with E-state index in [-0.39, 0.29) is 64.6 Å². The van der Waals surface area contributed by atoms with Crippen LogP contribution in [0.5, 0.6) is 0 Å². The van der Waals surface area contributed by atoms with Crippen LogP contribution in [-0.2, 0) is 38.0 Å². The molecule has 0 saturated carbocycles. The van der Waals surface area contributed by atoms with Crippen LogP contribution < -0.4 is 0 Å². The Bertz CT molecular complexity index is 1010. The minimum Gasteiger partial charge on any atom is -0.464 e. The van der Waals surface area contributed by atoms with Crippen LogP contribution in [0, 0.1) is 0 Å². The zero-order valence-corrected chi connectivity index (χ0v) is 45.0.